The van der Waals surface area contributed by atoms with Gasteiger partial charge >= 0.3 is 0 Å². The lowest BCUT2D eigenvalue weighted by Crippen LogP contribution is -2.25. The van der Waals surface area contributed by atoms with Crippen LogP contribution in [0.5, 0.6) is 0 Å². The Balaban J connectivity index is 2.11. The summed E-state index contributed by atoms with van der Waals surface area (Å²) in [5.41, 5.74) is 1.21. The minimum atomic E-state index is 0.689. The van der Waals surface area contributed by atoms with Gasteiger partial charge in [-0.2, -0.15) is 0 Å². The van der Waals surface area contributed by atoms with Gasteiger partial charge < -0.3 is 10.2 Å². The number of rotatable bonds is 6. The average molecular weight is 234 g/mol. The molecule has 0 radical (unpaired) electrons. The highest BCUT2D eigenvalue weighted by atomic mass is 15.2. The molecular formula is C13H22N4. The van der Waals surface area contributed by atoms with Gasteiger partial charge in [0.2, 0.25) is 0 Å². The lowest BCUT2D eigenvalue weighted by Gasteiger charge is -2.21. The molecule has 4 heteroatoms. The van der Waals surface area contributed by atoms with Crippen molar-refractivity contribution in [1.82, 2.24) is 15.3 Å². The summed E-state index contributed by atoms with van der Waals surface area (Å²) in [4.78, 5) is 11.2. The molecule has 17 heavy (non-hydrogen) atoms. The molecule has 1 aliphatic carbocycles. The van der Waals surface area contributed by atoms with Crippen LogP contribution in [0.4, 0.5) is 5.82 Å². The molecule has 0 spiro atoms. The Hall–Kier alpha value is -1.16. The maximum Gasteiger partial charge on any atom is 0.136 e. The highest BCUT2D eigenvalue weighted by Gasteiger charge is 2.28. The fraction of sp³-hybridized carbons (Fsp3) is 0.692. The highest BCUT2D eigenvalue weighted by Crippen LogP contribution is 2.30. The minimum absolute atomic E-state index is 0.689. The number of aromatic nitrogens is 2. The molecule has 1 saturated carbocycles. The Bertz CT molecular complexity index is 374. The first-order valence-corrected chi connectivity index (χ1v) is 6.48. The zero-order valence-corrected chi connectivity index (χ0v) is 11.0. The number of nitrogens with one attached hydrogen (secondary N) is 1. The normalized spacial score (nSPS) is 15.0. The SMILES string of the molecule is CCCNCc1cnc(C)nc1N(C)C1CC1. The van der Waals surface area contributed by atoms with Crippen LogP contribution in [-0.4, -0.2) is 29.6 Å². The molecule has 0 saturated heterocycles. The van der Waals surface area contributed by atoms with E-state index in [1.165, 1.54) is 18.4 Å². The summed E-state index contributed by atoms with van der Waals surface area (Å²) in [6.45, 7) is 6.03. The molecule has 0 aliphatic heterocycles. The van der Waals surface area contributed by atoms with Crippen molar-refractivity contribution in [2.24, 2.45) is 0 Å². The molecule has 4 nitrogen and oxygen atoms in total. The Morgan fingerprint density at radius 1 is 1.47 bits per heavy atom. The van der Waals surface area contributed by atoms with Crippen molar-refractivity contribution in [2.75, 3.05) is 18.5 Å². The van der Waals surface area contributed by atoms with E-state index in [9.17, 15) is 0 Å². The third-order valence-electron chi connectivity index (χ3n) is 3.13. The van der Waals surface area contributed by atoms with E-state index in [0.29, 0.717) is 6.04 Å². The third kappa shape index (κ3) is 3.16. The summed E-state index contributed by atoms with van der Waals surface area (Å²) in [5, 5.41) is 3.42. The first-order chi connectivity index (χ1) is 8.22. The molecule has 0 aromatic carbocycles. The van der Waals surface area contributed by atoms with Gasteiger partial charge in [0, 0.05) is 31.4 Å². The maximum atomic E-state index is 4.59. The van der Waals surface area contributed by atoms with E-state index < -0.39 is 0 Å². The number of hydrogen-bond donors (Lipinski definition) is 1. The van der Waals surface area contributed by atoms with E-state index in [4.69, 9.17) is 0 Å². The molecule has 1 fully saturated rings. The monoisotopic (exact) mass is 234 g/mol. The van der Waals surface area contributed by atoms with E-state index >= 15 is 0 Å². The van der Waals surface area contributed by atoms with Crippen LogP contribution in [0.25, 0.3) is 0 Å². The summed E-state index contributed by atoms with van der Waals surface area (Å²) in [5.74, 6) is 1.95. The molecule has 1 aromatic heterocycles. The number of anilines is 1. The quantitative estimate of drug-likeness (QED) is 0.763. The van der Waals surface area contributed by atoms with Crippen LogP contribution < -0.4 is 10.2 Å². The minimum Gasteiger partial charge on any atom is -0.356 e. The maximum absolute atomic E-state index is 4.59. The molecule has 94 valence electrons. The molecule has 1 N–H and O–H groups in total. The molecule has 0 bridgehead atoms. The molecule has 0 unspecified atom stereocenters. The van der Waals surface area contributed by atoms with Crippen LogP contribution in [-0.2, 0) is 6.54 Å². The van der Waals surface area contributed by atoms with E-state index in [0.717, 1.165) is 31.2 Å². The third-order valence-corrected chi connectivity index (χ3v) is 3.13. The van der Waals surface area contributed by atoms with Crippen molar-refractivity contribution in [3.05, 3.63) is 17.6 Å². The van der Waals surface area contributed by atoms with Crippen molar-refractivity contribution in [3.63, 3.8) is 0 Å². The average Bonchev–Trinajstić information content (AvgIpc) is 3.14. The van der Waals surface area contributed by atoms with Crippen molar-refractivity contribution in [1.29, 1.82) is 0 Å². The van der Waals surface area contributed by atoms with Crippen LogP contribution in [0.1, 0.15) is 37.6 Å². The molecule has 1 aliphatic rings. The largest absolute Gasteiger partial charge is 0.356 e. The predicted octanol–water partition coefficient (Wildman–Crippen LogP) is 1.88. The molecule has 0 atom stereocenters. The van der Waals surface area contributed by atoms with Gasteiger partial charge in [0.15, 0.2) is 0 Å². The lowest BCUT2D eigenvalue weighted by molar-refractivity contribution is 0.668. The fourth-order valence-corrected chi connectivity index (χ4v) is 1.95. The van der Waals surface area contributed by atoms with E-state index in [1.807, 2.05) is 13.1 Å². The van der Waals surface area contributed by atoms with Crippen LogP contribution in [0.2, 0.25) is 0 Å². The van der Waals surface area contributed by atoms with Gasteiger partial charge in [0.25, 0.3) is 0 Å². The first kappa shape index (κ1) is 12.3. The van der Waals surface area contributed by atoms with Gasteiger partial charge in [-0.05, 0) is 32.7 Å². The van der Waals surface area contributed by atoms with Gasteiger partial charge in [0.1, 0.15) is 11.6 Å². The van der Waals surface area contributed by atoms with Crippen LogP contribution in [0.3, 0.4) is 0 Å². The predicted molar refractivity (Wildman–Crippen MR) is 70.2 cm³/mol. The summed E-state index contributed by atoms with van der Waals surface area (Å²) >= 11 is 0. The molecular weight excluding hydrogens is 212 g/mol. The van der Waals surface area contributed by atoms with Gasteiger partial charge in [-0.15, -0.1) is 0 Å². The van der Waals surface area contributed by atoms with E-state index in [1.54, 1.807) is 0 Å². The topological polar surface area (TPSA) is 41.1 Å². The van der Waals surface area contributed by atoms with Gasteiger partial charge in [0.05, 0.1) is 0 Å². The molecule has 1 aromatic rings. The van der Waals surface area contributed by atoms with E-state index in [-0.39, 0.29) is 0 Å². The van der Waals surface area contributed by atoms with Crippen molar-refractivity contribution >= 4 is 5.82 Å². The van der Waals surface area contributed by atoms with Gasteiger partial charge in [-0.25, -0.2) is 9.97 Å². The van der Waals surface area contributed by atoms with Gasteiger partial charge in [-0.3, -0.25) is 0 Å². The summed E-state index contributed by atoms with van der Waals surface area (Å²) in [6, 6.07) is 0.689. The van der Waals surface area contributed by atoms with Crippen molar-refractivity contribution in [2.45, 2.75) is 45.7 Å². The second kappa shape index (κ2) is 5.45. The molecule has 0 amide bonds. The molecule has 1 heterocycles. The molecule has 2 rings (SSSR count). The van der Waals surface area contributed by atoms with Gasteiger partial charge in [-0.1, -0.05) is 6.92 Å². The summed E-state index contributed by atoms with van der Waals surface area (Å²) in [7, 11) is 2.14. The number of hydrogen-bond acceptors (Lipinski definition) is 4. The Morgan fingerprint density at radius 3 is 2.88 bits per heavy atom. The van der Waals surface area contributed by atoms with E-state index in [2.05, 4.69) is 34.2 Å². The summed E-state index contributed by atoms with van der Waals surface area (Å²) < 4.78 is 0. The lowest BCUT2D eigenvalue weighted by atomic mass is 10.2. The smallest absolute Gasteiger partial charge is 0.136 e. The van der Waals surface area contributed by atoms with Crippen molar-refractivity contribution < 1.29 is 0 Å². The van der Waals surface area contributed by atoms with Crippen LogP contribution >= 0.6 is 0 Å². The highest BCUT2D eigenvalue weighted by molar-refractivity contribution is 5.47. The number of aryl methyl sites for hydroxylation is 1. The second-order valence-corrected chi connectivity index (χ2v) is 4.78. The van der Waals surface area contributed by atoms with Crippen LogP contribution in [0, 0.1) is 6.92 Å². The number of nitrogens with zero attached hydrogens (tertiary/aromatic N) is 3. The Labute approximate surface area is 103 Å². The fourth-order valence-electron chi connectivity index (χ4n) is 1.95. The standard InChI is InChI=1S/C13H22N4/c1-4-7-14-8-11-9-15-10(2)16-13(11)17(3)12-5-6-12/h9,12,14H,4-8H2,1-3H3. The summed E-state index contributed by atoms with van der Waals surface area (Å²) in [6.07, 6.45) is 5.70. The second-order valence-electron chi connectivity index (χ2n) is 4.78. The van der Waals surface area contributed by atoms with Crippen molar-refractivity contribution in [3.8, 4) is 0 Å². The zero-order valence-electron chi connectivity index (χ0n) is 11.0. The van der Waals surface area contributed by atoms with Crippen LogP contribution in [0.15, 0.2) is 6.20 Å². The Morgan fingerprint density at radius 2 is 2.24 bits per heavy atom. The Kier molecular flexibility index (Phi) is 3.94. The zero-order chi connectivity index (χ0) is 12.3. The first-order valence-electron chi connectivity index (χ1n) is 6.48.